The predicted molar refractivity (Wildman–Crippen MR) is 146 cm³/mol. The number of hydrogen-bond donors (Lipinski definition) is 1. The van der Waals surface area contributed by atoms with Crippen LogP contribution in [0.2, 0.25) is 0 Å². The maximum atomic E-state index is 12.0. The largest absolute Gasteiger partial charge is 0.487 e. The zero-order valence-corrected chi connectivity index (χ0v) is 22.0. The third kappa shape index (κ3) is 5.73. The monoisotopic (exact) mass is 514 g/mol. The zero-order chi connectivity index (χ0) is 25.9. The molecule has 2 atom stereocenters. The van der Waals surface area contributed by atoms with Gasteiger partial charge in [-0.3, -0.25) is 9.69 Å². The Kier molecular flexibility index (Phi) is 7.35. The van der Waals surface area contributed by atoms with Crippen molar-refractivity contribution in [1.29, 1.82) is 0 Å². The first kappa shape index (κ1) is 25.1. The number of carboxylic acid groups (broad SMARTS) is 1. The van der Waals surface area contributed by atoms with Crippen LogP contribution in [0.1, 0.15) is 39.1 Å². The van der Waals surface area contributed by atoms with E-state index in [-0.39, 0.29) is 12.0 Å². The molecular formula is C30H30N2O4S. The molecule has 0 spiro atoms. The summed E-state index contributed by atoms with van der Waals surface area (Å²) in [6, 6.07) is 23.7. The Labute approximate surface area is 221 Å². The fraction of sp³-hybridized carbons (Fsp3) is 0.267. The highest BCUT2D eigenvalue weighted by molar-refractivity contribution is 7.99. The molecule has 5 rings (SSSR count). The smallest absolute Gasteiger partial charge is 0.321 e. The molecule has 1 aromatic heterocycles. The Morgan fingerprint density at radius 3 is 2.46 bits per heavy atom. The number of thioether (sulfide) groups is 1. The molecule has 1 N–H and O–H groups in total. The SMILES string of the molecule is Cc1ccc(-c2nc(COc3cccc(CN4C(C(=O)O)CS[C@@H]4c4ccc(C)cc4)c3)c(C)o2)cc1. The summed E-state index contributed by atoms with van der Waals surface area (Å²) in [4.78, 5) is 18.7. The van der Waals surface area contributed by atoms with Gasteiger partial charge < -0.3 is 14.3 Å². The first-order valence-electron chi connectivity index (χ1n) is 12.3. The van der Waals surface area contributed by atoms with E-state index in [1.165, 1.54) is 11.1 Å². The van der Waals surface area contributed by atoms with E-state index in [9.17, 15) is 9.90 Å². The highest BCUT2D eigenvalue weighted by Gasteiger charge is 2.39. The van der Waals surface area contributed by atoms with Crippen LogP contribution in [0.4, 0.5) is 0 Å². The van der Waals surface area contributed by atoms with Crippen LogP contribution in [0.25, 0.3) is 11.5 Å². The number of rotatable bonds is 8. The van der Waals surface area contributed by atoms with Gasteiger partial charge in [0.2, 0.25) is 5.89 Å². The number of hydrogen-bond acceptors (Lipinski definition) is 6. The lowest BCUT2D eigenvalue weighted by atomic mass is 10.1. The summed E-state index contributed by atoms with van der Waals surface area (Å²) in [6.45, 7) is 6.79. The van der Waals surface area contributed by atoms with Crippen LogP contribution in [-0.2, 0) is 17.9 Å². The van der Waals surface area contributed by atoms with E-state index in [2.05, 4.69) is 41.1 Å². The Balaban J connectivity index is 1.30. The quantitative estimate of drug-likeness (QED) is 0.286. The van der Waals surface area contributed by atoms with Crippen LogP contribution < -0.4 is 4.74 Å². The van der Waals surface area contributed by atoms with Gasteiger partial charge in [0.25, 0.3) is 0 Å². The molecule has 0 radical (unpaired) electrons. The normalized spacial score (nSPS) is 17.7. The van der Waals surface area contributed by atoms with Gasteiger partial charge in [0, 0.05) is 17.9 Å². The number of carboxylic acids is 1. The van der Waals surface area contributed by atoms with E-state index in [1.807, 2.05) is 62.4 Å². The number of aromatic nitrogens is 1. The number of benzene rings is 3. The van der Waals surface area contributed by atoms with Crippen molar-refractivity contribution in [2.75, 3.05) is 5.75 Å². The molecule has 1 aliphatic heterocycles. The minimum Gasteiger partial charge on any atom is -0.487 e. The summed E-state index contributed by atoms with van der Waals surface area (Å²) in [6.07, 6.45) is 0. The Morgan fingerprint density at radius 2 is 1.76 bits per heavy atom. The van der Waals surface area contributed by atoms with Gasteiger partial charge in [-0.05, 0) is 56.2 Å². The van der Waals surface area contributed by atoms with E-state index in [0.717, 1.165) is 28.1 Å². The lowest BCUT2D eigenvalue weighted by Crippen LogP contribution is -2.38. The van der Waals surface area contributed by atoms with Crippen molar-refractivity contribution in [3.63, 3.8) is 0 Å². The van der Waals surface area contributed by atoms with E-state index in [1.54, 1.807) is 11.8 Å². The van der Waals surface area contributed by atoms with Crippen LogP contribution in [0.5, 0.6) is 5.75 Å². The minimum atomic E-state index is -0.791. The van der Waals surface area contributed by atoms with Gasteiger partial charge in [-0.1, -0.05) is 59.7 Å². The molecule has 0 saturated carbocycles. The van der Waals surface area contributed by atoms with Crippen molar-refractivity contribution in [3.8, 4) is 17.2 Å². The van der Waals surface area contributed by atoms with Gasteiger partial charge in [0.15, 0.2) is 0 Å². The second-order valence-electron chi connectivity index (χ2n) is 9.45. The van der Waals surface area contributed by atoms with Crippen molar-refractivity contribution in [1.82, 2.24) is 9.88 Å². The number of aliphatic carboxylic acids is 1. The lowest BCUT2D eigenvalue weighted by Gasteiger charge is -2.27. The second kappa shape index (κ2) is 10.8. The summed E-state index contributed by atoms with van der Waals surface area (Å²) in [7, 11) is 0. The fourth-order valence-corrected chi connectivity index (χ4v) is 5.90. The van der Waals surface area contributed by atoms with E-state index < -0.39 is 12.0 Å². The molecule has 4 aromatic rings. The standard InChI is InChI=1S/C30H30N2O4S/c1-19-7-11-23(12-8-19)28-31-26(21(3)36-28)17-35-25-6-4-5-22(15-25)16-32-27(30(33)34)18-37-29(32)24-13-9-20(2)10-14-24/h4-15,27,29H,16-18H2,1-3H3,(H,33,34)/t27?,29-/m1/s1. The zero-order valence-electron chi connectivity index (χ0n) is 21.2. The molecule has 6 nitrogen and oxygen atoms in total. The van der Waals surface area contributed by atoms with Gasteiger partial charge in [0.05, 0.1) is 5.37 Å². The van der Waals surface area contributed by atoms with E-state index >= 15 is 0 Å². The molecule has 2 heterocycles. The fourth-order valence-electron chi connectivity index (χ4n) is 4.44. The minimum absolute atomic E-state index is 0.00995. The van der Waals surface area contributed by atoms with Crippen LogP contribution in [-0.4, -0.2) is 32.8 Å². The van der Waals surface area contributed by atoms with Crippen LogP contribution in [0.15, 0.2) is 77.2 Å². The number of nitrogens with zero attached hydrogens (tertiary/aromatic N) is 2. The number of ether oxygens (including phenoxy) is 1. The topological polar surface area (TPSA) is 75.8 Å². The van der Waals surface area contributed by atoms with Crippen LogP contribution in [0, 0.1) is 20.8 Å². The van der Waals surface area contributed by atoms with Gasteiger partial charge >= 0.3 is 5.97 Å². The van der Waals surface area contributed by atoms with E-state index in [0.29, 0.717) is 23.9 Å². The van der Waals surface area contributed by atoms with Crippen molar-refractivity contribution in [2.24, 2.45) is 0 Å². The molecule has 0 aliphatic carbocycles. The maximum Gasteiger partial charge on any atom is 0.321 e. The molecule has 1 unspecified atom stereocenters. The molecule has 1 fully saturated rings. The number of oxazole rings is 1. The molecule has 190 valence electrons. The third-order valence-corrected chi connectivity index (χ3v) is 7.96. The average Bonchev–Trinajstić information content (AvgIpc) is 3.47. The summed E-state index contributed by atoms with van der Waals surface area (Å²) in [5.41, 5.74) is 6.18. The molecule has 0 bridgehead atoms. The Bertz CT molecular complexity index is 1380. The lowest BCUT2D eigenvalue weighted by molar-refractivity contribution is -0.142. The van der Waals surface area contributed by atoms with Crippen molar-refractivity contribution in [2.45, 2.75) is 45.3 Å². The van der Waals surface area contributed by atoms with Gasteiger partial charge in [-0.2, -0.15) is 0 Å². The van der Waals surface area contributed by atoms with Crippen molar-refractivity contribution >= 4 is 17.7 Å². The highest BCUT2D eigenvalue weighted by atomic mass is 32.2. The van der Waals surface area contributed by atoms with Crippen LogP contribution in [0.3, 0.4) is 0 Å². The summed E-state index contributed by atoms with van der Waals surface area (Å²) in [5.74, 6) is 1.78. The molecule has 7 heteroatoms. The molecule has 1 aliphatic rings. The molecule has 0 amide bonds. The molecule has 37 heavy (non-hydrogen) atoms. The average molecular weight is 515 g/mol. The van der Waals surface area contributed by atoms with Crippen molar-refractivity contribution < 1.29 is 19.1 Å². The maximum absolute atomic E-state index is 12.0. The Morgan fingerprint density at radius 1 is 1.05 bits per heavy atom. The van der Waals surface area contributed by atoms with Crippen molar-refractivity contribution in [3.05, 3.63) is 107 Å². The first-order chi connectivity index (χ1) is 17.9. The molecular weight excluding hydrogens is 484 g/mol. The number of aryl methyl sites for hydroxylation is 3. The molecule has 1 saturated heterocycles. The third-order valence-electron chi connectivity index (χ3n) is 6.59. The summed E-state index contributed by atoms with van der Waals surface area (Å²) >= 11 is 1.67. The highest BCUT2D eigenvalue weighted by Crippen LogP contribution is 2.42. The first-order valence-corrected chi connectivity index (χ1v) is 13.3. The second-order valence-corrected chi connectivity index (χ2v) is 10.6. The molecule has 3 aromatic carbocycles. The summed E-state index contributed by atoms with van der Waals surface area (Å²) in [5, 5.41) is 9.85. The van der Waals surface area contributed by atoms with Crippen LogP contribution >= 0.6 is 11.8 Å². The van der Waals surface area contributed by atoms with Gasteiger partial charge in [-0.25, -0.2) is 4.98 Å². The summed E-state index contributed by atoms with van der Waals surface area (Å²) < 4.78 is 12.0. The van der Waals surface area contributed by atoms with Gasteiger partial charge in [0.1, 0.15) is 29.9 Å². The number of carbonyl (C=O) groups is 1. The predicted octanol–water partition coefficient (Wildman–Crippen LogP) is 6.55. The van der Waals surface area contributed by atoms with Gasteiger partial charge in [-0.15, -0.1) is 11.8 Å². The Hall–Kier alpha value is -3.55. The van der Waals surface area contributed by atoms with E-state index in [4.69, 9.17) is 9.15 Å².